The molecule has 5 rings (SSSR count). The monoisotopic (exact) mass is 652 g/mol. The number of ether oxygens (including phenoxy) is 3. The third kappa shape index (κ3) is 7.45. The second-order valence-electron chi connectivity index (χ2n) is 12.7. The summed E-state index contributed by atoms with van der Waals surface area (Å²) < 4.78 is 17.6. The summed E-state index contributed by atoms with van der Waals surface area (Å²) in [6.45, 7) is 11.7. The first-order chi connectivity index (χ1) is 22.8. The molecule has 0 aromatic heterocycles. The number of aliphatic hydroxyl groups is 1. The maximum absolute atomic E-state index is 14.5. The highest BCUT2D eigenvalue weighted by molar-refractivity contribution is 5.99. The highest BCUT2D eigenvalue weighted by atomic mass is 16.5. The number of carbonyl (C=O) groups excluding carboxylic acids is 4. The molecular weight excluding hydrogens is 604 g/mol. The van der Waals surface area contributed by atoms with Gasteiger partial charge in [-0.05, 0) is 31.2 Å². The number of hydrogen-bond donors (Lipinski definition) is 2. The van der Waals surface area contributed by atoms with Crippen molar-refractivity contribution in [2.45, 2.75) is 55.9 Å². The van der Waals surface area contributed by atoms with E-state index in [9.17, 15) is 24.3 Å². The predicted molar refractivity (Wildman–Crippen MR) is 173 cm³/mol. The summed E-state index contributed by atoms with van der Waals surface area (Å²) in [5.74, 6) is -3.00. The van der Waals surface area contributed by atoms with Gasteiger partial charge in [0.05, 0.1) is 37.2 Å². The summed E-state index contributed by atoms with van der Waals surface area (Å²) >= 11 is 0. The van der Waals surface area contributed by atoms with Crippen LogP contribution in [0.5, 0.6) is 0 Å². The molecule has 4 fully saturated rings. The molecule has 4 aliphatic rings. The molecule has 3 amide bonds. The van der Waals surface area contributed by atoms with E-state index in [1.54, 1.807) is 17.1 Å². The van der Waals surface area contributed by atoms with Crippen LogP contribution in [-0.4, -0.2) is 127 Å². The lowest BCUT2D eigenvalue weighted by Gasteiger charge is -2.37. The molecule has 0 saturated carbocycles. The van der Waals surface area contributed by atoms with Crippen molar-refractivity contribution in [2.24, 2.45) is 11.8 Å². The number of amides is 3. The molecule has 256 valence electrons. The fraction of sp³-hybridized carbons (Fsp3) is 0.600. The quantitative estimate of drug-likeness (QED) is 0.189. The predicted octanol–water partition coefficient (Wildman–Crippen LogP) is 1.46. The van der Waals surface area contributed by atoms with Gasteiger partial charge in [0.2, 0.25) is 17.7 Å². The van der Waals surface area contributed by atoms with Crippen LogP contribution in [0.3, 0.4) is 0 Å². The number of morpholine rings is 1. The van der Waals surface area contributed by atoms with E-state index >= 15 is 0 Å². The van der Waals surface area contributed by atoms with Gasteiger partial charge in [0.1, 0.15) is 18.2 Å². The average Bonchev–Trinajstić information content (AvgIpc) is 3.74. The third-order valence-electron chi connectivity index (χ3n) is 9.83. The molecule has 2 N–H and O–H groups in total. The zero-order valence-electron chi connectivity index (χ0n) is 27.1. The van der Waals surface area contributed by atoms with Gasteiger partial charge in [-0.1, -0.05) is 42.5 Å². The van der Waals surface area contributed by atoms with Crippen LogP contribution in [0.4, 0.5) is 0 Å². The fourth-order valence-electron chi connectivity index (χ4n) is 7.56. The number of carbonyl (C=O) groups is 4. The highest BCUT2D eigenvalue weighted by Gasteiger charge is 2.74. The third-order valence-corrected chi connectivity index (χ3v) is 9.83. The maximum Gasteiger partial charge on any atom is 0.306 e. The van der Waals surface area contributed by atoms with Crippen LogP contribution >= 0.6 is 0 Å². The van der Waals surface area contributed by atoms with Crippen LogP contribution < -0.4 is 5.32 Å². The number of benzene rings is 1. The molecule has 4 saturated heterocycles. The first-order valence-electron chi connectivity index (χ1n) is 16.8. The lowest BCUT2D eigenvalue weighted by atomic mass is 9.70. The molecule has 4 aliphatic heterocycles. The summed E-state index contributed by atoms with van der Waals surface area (Å²) in [4.78, 5) is 60.7. The summed E-state index contributed by atoms with van der Waals surface area (Å²) in [5.41, 5.74) is -0.402. The molecule has 1 aromatic rings. The minimum absolute atomic E-state index is 0.0723. The molecule has 4 heterocycles. The van der Waals surface area contributed by atoms with Gasteiger partial charge in [-0.3, -0.25) is 24.1 Å². The molecular formula is C35H48N4O8. The van der Waals surface area contributed by atoms with Crippen molar-refractivity contribution in [3.05, 3.63) is 61.2 Å². The summed E-state index contributed by atoms with van der Waals surface area (Å²) in [6.07, 6.45) is 4.75. The molecule has 6 atom stereocenters. The van der Waals surface area contributed by atoms with Gasteiger partial charge < -0.3 is 34.4 Å². The standard InChI is InChI=1S/C35H48N4O8/c1-3-5-12-28(41)46-24-26(25-10-7-6-8-11-25)36-32(42)29-27-13-14-35(47-27)30(29)33(43)39(16-9-21-40)31(35)34(44)38(15-4-2)18-17-37-19-22-45-23-20-37/h3-4,6-8,10-11,26-27,29-31,40H,1-2,5,9,12-24H2,(H,36,42)/t26-,27-,29+,30+,31-,35+/m1/s1. The average molecular weight is 653 g/mol. The minimum atomic E-state index is -1.16. The Labute approximate surface area is 276 Å². The number of hydrogen-bond acceptors (Lipinski definition) is 9. The van der Waals surface area contributed by atoms with E-state index in [0.717, 1.165) is 18.7 Å². The van der Waals surface area contributed by atoms with Gasteiger partial charge in [-0.2, -0.15) is 0 Å². The number of nitrogens with one attached hydrogen (secondary N) is 1. The molecule has 2 bridgehead atoms. The lowest BCUT2D eigenvalue weighted by molar-refractivity contribution is -0.148. The maximum atomic E-state index is 14.5. The van der Waals surface area contributed by atoms with E-state index in [0.29, 0.717) is 58.5 Å². The van der Waals surface area contributed by atoms with Gasteiger partial charge in [-0.15, -0.1) is 13.2 Å². The van der Waals surface area contributed by atoms with Crippen molar-refractivity contribution in [1.29, 1.82) is 0 Å². The number of fused-ring (bicyclic) bond motifs is 1. The van der Waals surface area contributed by atoms with E-state index in [-0.39, 0.29) is 43.9 Å². The van der Waals surface area contributed by atoms with Crippen molar-refractivity contribution in [3.63, 3.8) is 0 Å². The van der Waals surface area contributed by atoms with E-state index in [1.165, 1.54) is 4.90 Å². The first kappa shape index (κ1) is 34.7. The van der Waals surface area contributed by atoms with Crippen LogP contribution in [0.2, 0.25) is 0 Å². The zero-order valence-corrected chi connectivity index (χ0v) is 27.1. The van der Waals surface area contributed by atoms with Crippen molar-refractivity contribution < 1.29 is 38.5 Å². The molecule has 47 heavy (non-hydrogen) atoms. The van der Waals surface area contributed by atoms with Crippen LogP contribution in [-0.2, 0) is 33.4 Å². The topological polar surface area (TPSA) is 138 Å². The molecule has 1 spiro atoms. The van der Waals surface area contributed by atoms with Crippen LogP contribution in [0.1, 0.15) is 43.7 Å². The van der Waals surface area contributed by atoms with Crippen molar-refractivity contribution >= 4 is 23.7 Å². The van der Waals surface area contributed by atoms with E-state index in [1.807, 2.05) is 30.3 Å². The Balaban J connectivity index is 1.38. The van der Waals surface area contributed by atoms with Gasteiger partial charge >= 0.3 is 5.97 Å². The lowest BCUT2D eigenvalue weighted by Crippen LogP contribution is -2.57. The molecule has 0 unspecified atom stereocenters. The summed E-state index contributed by atoms with van der Waals surface area (Å²) in [6, 6.07) is 7.67. The second-order valence-corrected chi connectivity index (χ2v) is 12.7. The molecule has 1 aromatic carbocycles. The Kier molecular flexibility index (Phi) is 11.8. The fourth-order valence-corrected chi connectivity index (χ4v) is 7.56. The van der Waals surface area contributed by atoms with Crippen molar-refractivity contribution in [2.75, 3.05) is 65.7 Å². The Morgan fingerprint density at radius 2 is 1.91 bits per heavy atom. The highest BCUT2D eigenvalue weighted by Crippen LogP contribution is 2.58. The zero-order chi connectivity index (χ0) is 33.4. The number of esters is 1. The van der Waals surface area contributed by atoms with Crippen LogP contribution in [0.25, 0.3) is 0 Å². The minimum Gasteiger partial charge on any atom is -0.463 e. The van der Waals surface area contributed by atoms with Gasteiger partial charge in [-0.25, -0.2) is 0 Å². The van der Waals surface area contributed by atoms with Gasteiger partial charge in [0, 0.05) is 52.3 Å². The van der Waals surface area contributed by atoms with Crippen molar-refractivity contribution in [1.82, 2.24) is 20.0 Å². The number of nitrogens with zero attached hydrogens (tertiary/aromatic N) is 3. The Bertz CT molecular complexity index is 1290. The van der Waals surface area contributed by atoms with E-state index in [4.69, 9.17) is 14.2 Å². The largest absolute Gasteiger partial charge is 0.463 e. The van der Waals surface area contributed by atoms with E-state index < -0.39 is 41.6 Å². The van der Waals surface area contributed by atoms with Crippen LogP contribution in [0, 0.1) is 11.8 Å². The normalized spacial score (nSPS) is 27.3. The Hall–Kier alpha value is -3.58. The van der Waals surface area contributed by atoms with Crippen LogP contribution in [0.15, 0.2) is 55.6 Å². The summed E-state index contributed by atoms with van der Waals surface area (Å²) in [5, 5.41) is 12.7. The number of rotatable bonds is 17. The van der Waals surface area contributed by atoms with Gasteiger partial charge in [0.25, 0.3) is 0 Å². The smallest absolute Gasteiger partial charge is 0.306 e. The summed E-state index contributed by atoms with van der Waals surface area (Å²) in [7, 11) is 0. The Morgan fingerprint density at radius 3 is 2.62 bits per heavy atom. The second kappa shape index (κ2) is 16.0. The first-order valence-corrected chi connectivity index (χ1v) is 16.8. The van der Waals surface area contributed by atoms with E-state index in [2.05, 4.69) is 23.4 Å². The molecule has 12 nitrogen and oxygen atoms in total. The molecule has 0 aliphatic carbocycles. The number of aliphatic hydroxyl groups excluding tert-OH is 1. The Morgan fingerprint density at radius 1 is 1.15 bits per heavy atom. The molecule has 12 heteroatoms. The SMILES string of the molecule is C=CCCC(=O)OC[C@@H](NC(=O)[C@@H]1[C@H]2C(=O)N(CCCO)[C@H](C(=O)N(CC=C)CCN3CCOCC3)[C@]23CC[C@H]1O3)c1ccccc1. The van der Waals surface area contributed by atoms with Gasteiger partial charge in [0.15, 0.2) is 0 Å². The van der Waals surface area contributed by atoms with Crippen molar-refractivity contribution in [3.8, 4) is 0 Å². The molecule has 0 radical (unpaired) electrons. The number of likely N-dealkylation sites (tertiary alicyclic amines) is 1. The number of allylic oxidation sites excluding steroid dienone is 1.